The molecular weight excluding hydrogens is 346 g/mol. The number of para-hydroxylation sites is 1. The summed E-state index contributed by atoms with van der Waals surface area (Å²) < 4.78 is 5.68. The molecule has 4 rings (SSSR count). The molecular formula is C20H23N3O2S. The number of aliphatic hydroxyl groups excluding tert-OH is 1. The quantitative estimate of drug-likeness (QED) is 0.782. The summed E-state index contributed by atoms with van der Waals surface area (Å²) in [5.74, 6) is 1.30. The standard InChI is InChI=1S/C20H23N3O2S/c24-17-7-5-16(6-8-17)22-9-11-23(12-10-22)20(26)21-13-15-14-25-19-4-2-1-3-18(15)19/h1-5,7-8,13,16,24H,6,9-12,14H2,(H,21,26)/b15-13-. The molecule has 1 saturated heterocycles. The van der Waals surface area contributed by atoms with Crippen molar-refractivity contribution >= 4 is 22.9 Å². The molecule has 2 N–H and O–H groups in total. The van der Waals surface area contributed by atoms with Crippen LogP contribution in [0.1, 0.15) is 12.0 Å². The first-order valence-electron chi connectivity index (χ1n) is 8.99. The average Bonchev–Trinajstić information content (AvgIpc) is 3.10. The highest BCUT2D eigenvalue weighted by Crippen LogP contribution is 2.32. The second-order valence-corrected chi connectivity index (χ2v) is 7.10. The van der Waals surface area contributed by atoms with Gasteiger partial charge in [-0.25, -0.2) is 0 Å². The number of fused-ring (bicyclic) bond motifs is 1. The summed E-state index contributed by atoms with van der Waals surface area (Å²) in [7, 11) is 0. The van der Waals surface area contributed by atoms with Gasteiger partial charge in [-0.2, -0.15) is 0 Å². The molecule has 2 heterocycles. The number of rotatable bonds is 2. The van der Waals surface area contributed by atoms with Gasteiger partial charge in [0.05, 0.1) is 0 Å². The van der Waals surface area contributed by atoms with Crippen LogP contribution in [-0.2, 0) is 0 Å². The van der Waals surface area contributed by atoms with Crippen LogP contribution in [0.3, 0.4) is 0 Å². The van der Waals surface area contributed by atoms with Crippen LogP contribution in [0, 0.1) is 0 Å². The normalized spacial score (nSPS) is 24.2. The zero-order valence-electron chi connectivity index (χ0n) is 14.6. The van der Waals surface area contributed by atoms with Gasteiger partial charge in [-0.1, -0.05) is 24.3 Å². The Bertz CT molecular complexity index is 779. The Hall–Kier alpha value is -2.31. The van der Waals surface area contributed by atoms with E-state index in [0.29, 0.717) is 18.4 Å². The van der Waals surface area contributed by atoms with Crippen LogP contribution in [0.5, 0.6) is 5.75 Å². The van der Waals surface area contributed by atoms with Gasteiger partial charge in [0.25, 0.3) is 0 Å². The summed E-state index contributed by atoms with van der Waals surface area (Å²) in [6, 6.07) is 8.44. The van der Waals surface area contributed by atoms with Crippen molar-refractivity contribution in [3.8, 4) is 5.75 Å². The van der Waals surface area contributed by atoms with Crippen molar-refractivity contribution in [2.45, 2.75) is 12.5 Å². The van der Waals surface area contributed by atoms with Gasteiger partial charge in [0.2, 0.25) is 0 Å². The lowest BCUT2D eigenvalue weighted by Gasteiger charge is -2.39. The number of allylic oxidation sites excluding steroid dienone is 1. The zero-order valence-corrected chi connectivity index (χ0v) is 15.4. The monoisotopic (exact) mass is 369 g/mol. The molecule has 6 heteroatoms. The summed E-state index contributed by atoms with van der Waals surface area (Å²) in [6.07, 6.45) is 8.61. The molecule has 26 heavy (non-hydrogen) atoms. The van der Waals surface area contributed by atoms with Crippen LogP contribution in [0.25, 0.3) is 5.57 Å². The SMILES string of the molecule is OC1=CCC(N2CCN(C(=S)N/C=C3/COc4ccccc43)CC2)C=C1. The Morgan fingerprint density at radius 3 is 2.81 bits per heavy atom. The van der Waals surface area contributed by atoms with Gasteiger partial charge < -0.3 is 20.1 Å². The maximum absolute atomic E-state index is 9.46. The van der Waals surface area contributed by atoms with Crippen LogP contribution in [-0.4, -0.2) is 58.8 Å². The molecule has 1 aromatic rings. The van der Waals surface area contributed by atoms with Crippen molar-refractivity contribution in [2.24, 2.45) is 0 Å². The molecule has 0 saturated carbocycles. The van der Waals surface area contributed by atoms with Gasteiger partial charge in [-0.15, -0.1) is 0 Å². The van der Waals surface area contributed by atoms with Gasteiger partial charge in [0.15, 0.2) is 5.11 Å². The lowest BCUT2D eigenvalue weighted by Crippen LogP contribution is -2.53. The van der Waals surface area contributed by atoms with Gasteiger partial charge >= 0.3 is 0 Å². The van der Waals surface area contributed by atoms with Crippen LogP contribution >= 0.6 is 12.2 Å². The number of piperazine rings is 1. The van der Waals surface area contributed by atoms with Gasteiger partial charge in [0.1, 0.15) is 18.1 Å². The first kappa shape index (κ1) is 17.1. The Balaban J connectivity index is 1.29. The average molecular weight is 369 g/mol. The third-order valence-corrected chi connectivity index (χ3v) is 5.49. The second-order valence-electron chi connectivity index (χ2n) is 6.72. The molecule has 0 amide bonds. The predicted molar refractivity (Wildman–Crippen MR) is 107 cm³/mol. The van der Waals surface area contributed by atoms with Crippen molar-refractivity contribution in [2.75, 3.05) is 32.8 Å². The van der Waals surface area contributed by atoms with Crippen molar-refractivity contribution in [3.63, 3.8) is 0 Å². The van der Waals surface area contributed by atoms with E-state index in [2.05, 4.69) is 27.3 Å². The van der Waals surface area contributed by atoms with Crippen LogP contribution in [0.4, 0.5) is 0 Å². The number of nitrogens with one attached hydrogen (secondary N) is 1. The van der Waals surface area contributed by atoms with E-state index in [-0.39, 0.29) is 0 Å². The zero-order chi connectivity index (χ0) is 17.9. The lowest BCUT2D eigenvalue weighted by atomic mass is 10.1. The molecule has 1 unspecified atom stereocenters. The summed E-state index contributed by atoms with van der Waals surface area (Å²) in [5, 5.41) is 13.5. The summed E-state index contributed by atoms with van der Waals surface area (Å²) in [6.45, 7) is 4.32. The van der Waals surface area contributed by atoms with E-state index in [0.717, 1.165) is 54.6 Å². The molecule has 5 nitrogen and oxygen atoms in total. The topological polar surface area (TPSA) is 48.0 Å². The number of benzene rings is 1. The number of nitrogens with zero attached hydrogens (tertiary/aromatic N) is 2. The van der Waals surface area contributed by atoms with E-state index in [9.17, 15) is 5.11 Å². The van der Waals surface area contributed by atoms with Gasteiger partial charge in [0, 0.05) is 49.6 Å². The molecule has 1 atom stereocenters. The highest BCUT2D eigenvalue weighted by atomic mass is 32.1. The Labute approximate surface area is 159 Å². The Morgan fingerprint density at radius 2 is 2.04 bits per heavy atom. The first-order chi connectivity index (χ1) is 12.7. The van der Waals surface area contributed by atoms with Crippen LogP contribution in [0.15, 0.2) is 54.5 Å². The van der Waals surface area contributed by atoms with Gasteiger partial charge in [-0.3, -0.25) is 4.90 Å². The number of ether oxygens (including phenoxy) is 1. The minimum atomic E-state index is 0.371. The Morgan fingerprint density at radius 1 is 1.23 bits per heavy atom. The fourth-order valence-corrected chi connectivity index (χ4v) is 3.82. The van der Waals surface area contributed by atoms with E-state index in [1.807, 2.05) is 30.5 Å². The largest absolute Gasteiger partial charge is 0.508 e. The van der Waals surface area contributed by atoms with Crippen molar-refractivity contribution in [3.05, 3.63) is 60.0 Å². The molecule has 0 bridgehead atoms. The molecule has 2 aliphatic heterocycles. The molecule has 1 aliphatic carbocycles. The third-order valence-electron chi connectivity index (χ3n) is 5.11. The van der Waals surface area contributed by atoms with Crippen LogP contribution < -0.4 is 10.1 Å². The number of aliphatic hydroxyl groups is 1. The molecule has 0 aromatic heterocycles. The van der Waals surface area contributed by atoms with Gasteiger partial charge in [-0.05, 0) is 36.9 Å². The number of thiocarbonyl (C=S) groups is 1. The fourth-order valence-electron chi connectivity index (χ4n) is 3.58. The smallest absolute Gasteiger partial charge is 0.173 e. The molecule has 1 fully saturated rings. The molecule has 0 spiro atoms. The molecule has 1 aromatic carbocycles. The first-order valence-corrected chi connectivity index (χ1v) is 9.39. The van der Waals surface area contributed by atoms with E-state index >= 15 is 0 Å². The number of hydrogen-bond donors (Lipinski definition) is 2. The minimum Gasteiger partial charge on any atom is -0.508 e. The molecule has 3 aliphatic rings. The predicted octanol–water partition coefficient (Wildman–Crippen LogP) is 2.68. The maximum atomic E-state index is 9.46. The Kier molecular flexibility index (Phi) is 4.95. The van der Waals surface area contributed by atoms with E-state index < -0.39 is 0 Å². The van der Waals surface area contributed by atoms with Crippen LogP contribution in [0.2, 0.25) is 0 Å². The second kappa shape index (κ2) is 7.51. The van der Waals surface area contributed by atoms with E-state index in [1.54, 1.807) is 6.08 Å². The third kappa shape index (κ3) is 3.61. The summed E-state index contributed by atoms with van der Waals surface area (Å²) in [5.41, 5.74) is 2.26. The fraction of sp³-hybridized carbons (Fsp3) is 0.350. The van der Waals surface area contributed by atoms with Crippen molar-refractivity contribution < 1.29 is 9.84 Å². The highest BCUT2D eigenvalue weighted by molar-refractivity contribution is 7.80. The summed E-state index contributed by atoms with van der Waals surface area (Å²) in [4.78, 5) is 4.66. The van der Waals surface area contributed by atoms with E-state index in [4.69, 9.17) is 17.0 Å². The highest BCUT2D eigenvalue weighted by Gasteiger charge is 2.24. The summed E-state index contributed by atoms with van der Waals surface area (Å²) >= 11 is 5.57. The lowest BCUT2D eigenvalue weighted by molar-refractivity contribution is 0.152. The van der Waals surface area contributed by atoms with E-state index in [1.165, 1.54) is 0 Å². The van der Waals surface area contributed by atoms with Crippen molar-refractivity contribution in [1.29, 1.82) is 0 Å². The van der Waals surface area contributed by atoms with Crippen molar-refractivity contribution in [1.82, 2.24) is 15.1 Å². The molecule has 0 radical (unpaired) electrons. The maximum Gasteiger partial charge on any atom is 0.173 e. The minimum absolute atomic E-state index is 0.371. The number of hydrogen-bond acceptors (Lipinski definition) is 4. The molecule has 136 valence electrons.